The second-order valence-electron chi connectivity index (χ2n) is 4.17. The smallest absolute Gasteiger partial charge is 0.318 e. The number of allylic oxidation sites excluding steroid dienone is 1. The van der Waals surface area contributed by atoms with E-state index in [0.717, 1.165) is 32.1 Å². The van der Waals surface area contributed by atoms with Crippen LogP contribution in [0, 0.1) is 0 Å². The van der Waals surface area contributed by atoms with Crippen molar-refractivity contribution in [2.45, 2.75) is 51.0 Å². The molecule has 0 radical (unpaired) electrons. The average molecular weight is 226 g/mol. The molecule has 0 unspecified atom stereocenters. The molecule has 0 bridgehead atoms. The predicted molar refractivity (Wildman–Crippen MR) is 59.0 cm³/mol. The SMILES string of the molecule is C/C=C/C1(OC(=O)CC(=O)O)CCCCC1. The first-order valence-corrected chi connectivity index (χ1v) is 5.65. The summed E-state index contributed by atoms with van der Waals surface area (Å²) in [5, 5.41) is 8.51. The van der Waals surface area contributed by atoms with Crippen molar-refractivity contribution in [1.29, 1.82) is 0 Å². The molecule has 4 nitrogen and oxygen atoms in total. The van der Waals surface area contributed by atoms with Crippen LogP contribution in [0.1, 0.15) is 45.4 Å². The van der Waals surface area contributed by atoms with E-state index in [-0.39, 0.29) is 0 Å². The number of rotatable bonds is 4. The molecular formula is C12H18O4. The lowest BCUT2D eigenvalue weighted by Gasteiger charge is -2.34. The summed E-state index contributed by atoms with van der Waals surface area (Å²) in [6, 6.07) is 0. The van der Waals surface area contributed by atoms with E-state index in [9.17, 15) is 9.59 Å². The Bertz CT molecular complexity index is 287. The summed E-state index contributed by atoms with van der Waals surface area (Å²) < 4.78 is 5.32. The van der Waals surface area contributed by atoms with E-state index in [4.69, 9.17) is 9.84 Å². The van der Waals surface area contributed by atoms with E-state index < -0.39 is 24.0 Å². The van der Waals surface area contributed by atoms with Crippen molar-refractivity contribution in [3.8, 4) is 0 Å². The Labute approximate surface area is 95.3 Å². The normalized spacial score (nSPS) is 19.6. The van der Waals surface area contributed by atoms with Gasteiger partial charge < -0.3 is 9.84 Å². The lowest BCUT2D eigenvalue weighted by atomic mass is 9.84. The van der Waals surface area contributed by atoms with E-state index in [0.29, 0.717) is 0 Å². The molecule has 0 saturated heterocycles. The second-order valence-corrected chi connectivity index (χ2v) is 4.17. The minimum atomic E-state index is -1.14. The zero-order chi connectivity index (χ0) is 12.0. The third-order valence-corrected chi connectivity index (χ3v) is 2.78. The highest BCUT2D eigenvalue weighted by Crippen LogP contribution is 2.33. The highest BCUT2D eigenvalue weighted by atomic mass is 16.6. The quantitative estimate of drug-likeness (QED) is 0.454. The number of hydrogen-bond acceptors (Lipinski definition) is 3. The van der Waals surface area contributed by atoms with Crippen LogP contribution in [0.4, 0.5) is 0 Å². The Morgan fingerprint density at radius 3 is 2.44 bits per heavy atom. The maximum absolute atomic E-state index is 11.4. The molecule has 0 spiro atoms. The van der Waals surface area contributed by atoms with E-state index in [1.165, 1.54) is 0 Å². The summed E-state index contributed by atoms with van der Waals surface area (Å²) in [5.74, 6) is -1.79. The van der Waals surface area contributed by atoms with Gasteiger partial charge in [-0.2, -0.15) is 0 Å². The molecule has 4 heteroatoms. The maximum atomic E-state index is 11.4. The van der Waals surface area contributed by atoms with E-state index in [2.05, 4.69) is 0 Å². The van der Waals surface area contributed by atoms with Crippen LogP contribution >= 0.6 is 0 Å². The van der Waals surface area contributed by atoms with Crippen molar-refractivity contribution < 1.29 is 19.4 Å². The lowest BCUT2D eigenvalue weighted by molar-refractivity contribution is -0.161. The molecule has 0 aromatic rings. The van der Waals surface area contributed by atoms with Crippen molar-refractivity contribution in [2.75, 3.05) is 0 Å². The molecule has 1 N–H and O–H groups in total. The fourth-order valence-corrected chi connectivity index (χ4v) is 2.14. The standard InChI is InChI=1S/C12H18O4/c1-2-6-12(7-4-3-5-8-12)16-11(15)9-10(13)14/h2,6H,3-5,7-9H2,1H3,(H,13,14)/b6-2+. The predicted octanol–water partition coefficient (Wildman–Crippen LogP) is 2.28. The Hall–Kier alpha value is -1.32. The van der Waals surface area contributed by atoms with Gasteiger partial charge >= 0.3 is 11.9 Å². The topological polar surface area (TPSA) is 63.6 Å². The zero-order valence-corrected chi connectivity index (χ0v) is 9.57. The van der Waals surface area contributed by atoms with Crippen LogP contribution in [0.2, 0.25) is 0 Å². The second kappa shape index (κ2) is 5.68. The number of esters is 1. The monoisotopic (exact) mass is 226 g/mol. The molecule has 16 heavy (non-hydrogen) atoms. The summed E-state index contributed by atoms with van der Waals surface area (Å²) in [5.41, 5.74) is -0.556. The van der Waals surface area contributed by atoms with E-state index in [1.807, 2.05) is 19.1 Å². The highest BCUT2D eigenvalue weighted by molar-refractivity contribution is 5.90. The lowest BCUT2D eigenvalue weighted by Crippen LogP contribution is -2.35. The van der Waals surface area contributed by atoms with E-state index in [1.54, 1.807) is 0 Å². The summed E-state index contributed by atoms with van der Waals surface area (Å²) in [4.78, 5) is 21.8. The third kappa shape index (κ3) is 3.68. The Morgan fingerprint density at radius 2 is 1.94 bits per heavy atom. The van der Waals surface area contributed by atoms with Crippen LogP contribution in [0.5, 0.6) is 0 Å². The fourth-order valence-electron chi connectivity index (χ4n) is 2.14. The molecule has 1 rings (SSSR count). The van der Waals surface area contributed by atoms with Gasteiger partial charge in [-0.3, -0.25) is 9.59 Å². The molecule has 0 atom stereocenters. The van der Waals surface area contributed by atoms with Crippen molar-refractivity contribution in [1.82, 2.24) is 0 Å². The van der Waals surface area contributed by atoms with Gasteiger partial charge in [0.2, 0.25) is 0 Å². The number of ether oxygens (including phenoxy) is 1. The first kappa shape index (κ1) is 12.7. The van der Waals surface area contributed by atoms with E-state index >= 15 is 0 Å². The third-order valence-electron chi connectivity index (χ3n) is 2.78. The molecule has 1 saturated carbocycles. The number of carbonyl (C=O) groups excluding carboxylic acids is 1. The van der Waals surface area contributed by atoms with Crippen LogP contribution in [0.15, 0.2) is 12.2 Å². The van der Waals surface area contributed by atoms with Crippen molar-refractivity contribution in [3.05, 3.63) is 12.2 Å². The minimum absolute atomic E-state index is 0.556. The molecular weight excluding hydrogens is 208 g/mol. The molecule has 0 aliphatic heterocycles. The summed E-state index contributed by atoms with van der Waals surface area (Å²) in [6.45, 7) is 1.88. The molecule has 0 heterocycles. The molecule has 0 aromatic heterocycles. The van der Waals surface area contributed by atoms with Crippen LogP contribution in [0.25, 0.3) is 0 Å². The minimum Gasteiger partial charge on any atom is -0.481 e. The van der Waals surface area contributed by atoms with Gasteiger partial charge in [0, 0.05) is 0 Å². The van der Waals surface area contributed by atoms with Gasteiger partial charge in [-0.1, -0.05) is 12.5 Å². The Kier molecular flexibility index (Phi) is 4.52. The molecule has 0 aromatic carbocycles. The number of carbonyl (C=O) groups is 2. The number of carboxylic acids is 1. The largest absolute Gasteiger partial charge is 0.481 e. The van der Waals surface area contributed by atoms with Crippen molar-refractivity contribution >= 4 is 11.9 Å². The van der Waals surface area contributed by atoms with Crippen LogP contribution in [0.3, 0.4) is 0 Å². The first-order valence-electron chi connectivity index (χ1n) is 5.65. The first-order chi connectivity index (χ1) is 7.58. The average Bonchev–Trinajstić information content (AvgIpc) is 2.17. The summed E-state index contributed by atoms with van der Waals surface area (Å²) in [6.07, 6.45) is 7.96. The molecule has 1 aliphatic rings. The van der Waals surface area contributed by atoms with Gasteiger partial charge in [-0.15, -0.1) is 0 Å². The Balaban J connectivity index is 2.63. The van der Waals surface area contributed by atoms with Gasteiger partial charge in [0.25, 0.3) is 0 Å². The van der Waals surface area contributed by atoms with Crippen molar-refractivity contribution in [2.24, 2.45) is 0 Å². The molecule has 1 aliphatic carbocycles. The maximum Gasteiger partial charge on any atom is 0.318 e. The fraction of sp³-hybridized carbons (Fsp3) is 0.667. The van der Waals surface area contributed by atoms with Gasteiger partial charge in [0.15, 0.2) is 0 Å². The van der Waals surface area contributed by atoms with Gasteiger partial charge in [0.05, 0.1) is 0 Å². The van der Waals surface area contributed by atoms with Gasteiger partial charge in [-0.25, -0.2) is 0 Å². The number of aliphatic carboxylic acids is 1. The van der Waals surface area contributed by atoms with Crippen LogP contribution in [-0.4, -0.2) is 22.6 Å². The summed E-state index contributed by atoms with van der Waals surface area (Å²) in [7, 11) is 0. The zero-order valence-electron chi connectivity index (χ0n) is 9.57. The van der Waals surface area contributed by atoms with Crippen molar-refractivity contribution in [3.63, 3.8) is 0 Å². The van der Waals surface area contributed by atoms with Crippen LogP contribution < -0.4 is 0 Å². The number of carboxylic acid groups (broad SMARTS) is 1. The Morgan fingerprint density at radius 1 is 1.31 bits per heavy atom. The van der Waals surface area contributed by atoms with Gasteiger partial charge in [0.1, 0.15) is 12.0 Å². The van der Waals surface area contributed by atoms with Crippen LogP contribution in [-0.2, 0) is 14.3 Å². The molecule has 1 fully saturated rings. The molecule has 90 valence electrons. The van der Waals surface area contributed by atoms with Gasteiger partial charge in [-0.05, 0) is 38.7 Å². The highest BCUT2D eigenvalue weighted by Gasteiger charge is 2.33. The number of hydrogen-bond donors (Lipinski definition) is 1. The summed E-state index contributed by atoms with van der Waals surface area (Å²) >= 11 is 0. The molecule has 0 amide bonds.